The number of hydrogen-bond donors (Lipinski definition) is 0. The third kappa shape index (κ3) is 3.95. The fraction of sp³-hybridized carbons (Fsp3) is 0.333. The molecule has 0 aromatic heterocycles. The van der Waals surface area contributed by atoms with E-state index in [4.69, 9.17) is 0 Å². The summed E-state index contributed by atoms with van der Waals surface area (Å²) in [5.74, 6) is 0. The molecule has 1 heterocycles. The van der Waals surface area contributed by atoms with Gasteiger partial charge in [0.1, 0.15) is 0 Å². The zero-order valence-electron chi connectivity index (χ0n) is 28.4. The molecule has 7 rings (SSSR count). The van der Waals surface area contributed by atoms with Crippen molar-refractivity contribution >= 4 is 20.2 Å². The van der Waals surface area contributed by atoms with E-state index >= 15 is 0 Å². The van der Waals surface area contributed by atoms with Crippen molar-refractivity contribution in [3.05, 3.63) is 129 Å². The molecule has 3 aliphatic rings. The second-order valence-electron chi connectivity index (χ2n) is 16.4. The molecule has 224 valence electrons. The first-order chi connectivity index (χ1) is 20.7. The molecule has 0 radical (unpaired) electrons. The molecule has 1 fully saturated rings. The molecule has 2 heteroatoms. The minimum atomic E-state index is -3.18. The molecule has 1 aliphatic heterocycles. The third-order valence-corrected chi connectivity index (χ3v) is 35.9. The van der Waals surface area contributed by atoms with Gasteiger partial charge in [0.2, 0.25) is 0 Å². The van der Waals surface area contributed by atoms with Crippen LogP contribution in [0.4, 0.5) is 0 Å². The van der Waals surface area contributed by atoms with Crippen LogP contribution in [0.5, 0.6) is 0 Å². The van der Waals surface area contributed by atoms with Crippen molar-refractivity contribution < 1.29 is 20.0 Å². The van der Waals surface area contributed by atoms with Gasteiger partial charge in [0.15, 0.2) is 0 Å². The second kappa shape index (κ2) is 9.97. The molecule has 2 aliphatic carbocycles. The Labute approximate surface area is 271 Å². The first-order valence-corrected chi connectivity index (χ1v) is 29.9. The standard InChI is InChI=1S/C40H42Si.2CH3.Hf/c1-27-15-9-11-19-33(27)35-21-13-17-29-23-31(25-37(29)35)41(39(3,4)5,40(6,7)8)32-24-30-18-14-22-36(38(30)26-32)34-20-12-10-16-28(34)2;;;/h9-26H,1-8H3;2*1H3;. The molecule has 0 nitrogen and oxygen atoms in total. The van der Waals surface area contributed by atoms with Crippen LogP contribution >= 0.6 is 0 Å². The summed E-state index contributed by atoms with van der Waals surface area (Å²) < 4.78 is 6.83. The van der Waals surface area contributed by atoms with Crippen LogP contribution in [0.2, 0.25) is 19.4 Å². The molecule has 1 saturated heterocycles. The summed E-state index contributed by atoms with van der Waals surface area (Å²) in [7, 11) is -2.33. The Balaban J connectivity index is 1.58. The van der Waals surface area contributed by atoms with E-state index in [1.807, 2.05) is 10.4 Å². The number of aryl methyl sites for hydroxylation is 2. The van der Waals surface area contributed by atoms with Gasteiger partial charge in [0, 0.05) is 0 Å². The maximum absolute atomic E-state index is 3.18. The van der Waals surface area contributed by atoms with Crippen molar-refractivity contribution in [3.8, 4) is 22.3 Å². The van der Waals surface area contributed by atoms with E-state index in [1.54, 1.807) is 11.1 Å². The molecular weight excluding hydrogens is 711 g/mol. The van der Waals surface area contributed by atoms with Gasteiger partial charge in [-0.05, 0) is 0 Å². The monoisotopic (exact) mass is 760 g/mol. The molecule has 4 aromatic rings. The van der Waals surface area contributed by atoms with Gasteiger partial charge in [0.05, 0.1) is 0 Å². The molecule has 44 heavy (non-hydrogen) atoms. The first-order valence-electron chi connectivity index (χ1n) is 16.5. The summed E-state index contributed by atoms with van der Waals surface area (Å²) in [6.45, 7) is 20.1. The third-order valence-electron chi connectivity index (χ3n) is 11.6. The van der Waals surface area contributed by atoms with Crippen LogP contribution in [0.1, 0.15) is 82.3 Å². The summed E-state index contributed by atoms with van der Waals surface area (Å²) in [4.78, 5) is 0. The Bertz CT molecular complexity index is 1750. The molecule has 0 bridgehead atoms. The summed E-state index contributed by atoms with van der Waals surface area (Å²) >= 11 is -3.18. The predicted molar refractivity (Wildman–Crippen MR) is 192 cm³/mol. The van der Waals surface area contributed by atoms with Crippen molar-refractivity contribution in [1.82, 2.24) is 0 Å². The van der Waals surface area contributed by atoms with E-state index in [1.165, 1.54) is 44.5 Å². The van der Waals surface area contributed by atoms with Gasteiger partial charge in [-0.1, -0.05) is 0 Å². The van der Waals surface area contributed by atoms with E-state index in [0.717, 1.165) is 0 Å². The topological polar surface area (TPSA) is 0 Å². The van der Waals surface area contributed by atoms with E-state index in [2.05, 4.69) is 162 Å². The van der Waals surface area contributed by atoms with Gasteiger partial charge in [-0.2, -0.15) is 0 Å². The average Bonchev–Trinajstić information content (AvgIpc) is 3.53. The van der Waals surface area contributed by atoms with Gasteiger partial charge in [-0.25, -0.2) is 0 Å². The van der Waals surface area contributed by atoms with Crippen LogP contribution < -0.4 is 0 Å². The number of rotatable bonds is 2. The second-order valence-corrected chi connectivity index (χ2v) is 39.3. The normalized spacial score (nSPS) is 21.1. The molecular formula is C42H48HfSi. The summed E-state index contributed by atoms with van der Waals surface area (Å²) in [6.07, 6.45) is 5.54. The fourth-order valence-corrected chi connectivity index (χ4v) is 44.3. The maximum atomic E-state index is 2.80. The molecule has 4 aromatic carbocycles. The van der Waals surface area contributed by atoms with Gasteiger partial charge in [0.25, 0.3) is 0 Å². The SMILES string of the molecule is Cc1ccccc1-c1cccc2c1C=C1[CH]2[Hf]([CH3])([CH3])[CH]2C(=Cc3c(-c4ccccc4C)cccc32)[Si]1(C(C)(C)C)C(C)(C)C. The van der Waals surface area contributed by atoms with Crippen LogP contribution in [-0.4, -0.2) is 8.07 Å². The van der Waals surface area contributed by atoms with Crippen molar-refractivity contribution in [1.29, 1.82) is 0 Å². The Morgan fingerprint density at radius 2 is 0.864 bits per heavy atom. The Hall–Kier alpha value is -2.55. The Kier molecular flexibility index (Phi) is 6.83. The Morgan fingerprint density at radius 3 is 1.23 bits per heavy atom. The van der Waals surface area contributed by atoms with Gasteiger partial charge >= 0.3 is 273 Å². The molecule has 0 N–H and O–H groups in total. The molecule has 2 unspecified atom stereocenters. The van der Waals surface area contributed by atoms with Crippen LogP contribution in [0.15, 0.2) is 95.3 Å². The van der Waals surface area contributed by atoms with Crippen LogP contribution in [-0.2, 0) is 20.0 Å². The van der Waals surface area contributed by atoms with Crippen LogP contribution in [0.25, 0.3) is 34.4 Å². The van der Waals surface area contributed by atoms with Gasteiger partial charge in [-0.15, -0.1) is 0 Å². The van der Waals surface area contributed by atoms with Crippen LogP contribution in [0, 0.1) is 13.8 Å². The zero-order chi connectivity index (χ0) is 31.4. The number of fused-ring (bicyclic) bond motifs is 6. The Morgan fingerprint density at radius 1 is 0.500 bits per heavy atom. The van der Waals surface area contributed by atoms with E-state index in [9.17, 15) is 0 Å². The van der Waals surface area contributed by atoms with Crippen LogP contribution in [0.3, 0.4) is 0 Å². The number of benzene rings is 4. The number of allylic oxidation sites excluding steroid dienone is 2. The van der Waals surface area contributed by atoms with Crippen molar-refractivity contribution in [2.45, 2.75) is 82.2 Å². The van der Waals surface area contributed by atoms with Gasteiger partial charge < -0.3 is 0 Å². The van der Waals surface area contributed by atoms with E-state index < -0.39 is 28.0 Å². The van der Waals surface area contributed by atoms with Gasteiger partial charge in [-0.3, -0.25) is 0 Å². The van der Waals surface area contributed by atoms with E-state index in [0.29, 0.717) is 7.35 Å². The summed E-state index contributed by atoms with van der Waals surface area (Å²) in [5.41, 5.74) is 14.7. The summed E-state index contributed by atoms with van der Waals surface area (Å²) in [6, 6.07) is 32.5. The van der Waals surface area contributed by atoms with E-state index in [-0.39, 0.29) is 10.1 Å². The fourth-order valence-electron chi connectivity index (χ4n) is 10.5. The zero-order valence-corrected chi connectivity index (χ0v) is 33.0. The average molecular weight is 759 g/mol. The first kappa shape index (κ1) is 30.1. The quantitative estimate of drug-likeness (QED) is 0.179. The molecule has 2 atom stereocenters. The molecule has 0 spiro atoms. The predicted octanol–water partition coefficient (Wildman–Crippen LogP) is 12.6. The number of hydrogen-bond acceptors (Lipinski definition) is 0. The van der Waals surface area contributed by atoms with Crippen molar-refractivity contribution in [2.24, 2.45) is 0 Å². The summed E-state index contributed by atoms with van der Waals surface area (Å²) in [5, 5.41) is 4.04. The minimum absolute atomic E-state index is 0.166. The van der Waals surface area contributed by atoms with Crippen molar-refractivity contribution in [2.75, 3.05) is 0 Å². The molecule has 0 amide bonds. The molecule has 0 saturated carbocycles. The van der Waals surface area contributed by atoms with Crippen molar-refractivity contribution in [3.63, 3.8) is 0 Å².